The first kappa shape index (κ1) is 22.6. The van der Waals surface area contributed by atoms with Crippen LogP contribution in [0.15, 0.2) is 53.4 Å². The number of rotatable bonds is 7. The van der Waals surface area contributed by atoms with E-state index in [9.17, 15) is 13.2 Å². The fourth-order valence-electron chi connectivity index (χ4n) is 4.30. The summed E-state index contributed by atoms with van der Waals surface area (Å²) in [7, 11) is -3.49. The fraction of sp³-hybridized carbons (Fsp3) is 0.458. The lowest BCUT2D eigenvalue weighted by molar-refractivity contribution is -0.116. The summed E-state index contributed by atoms with van der Waals surface area (Å²) < 4.78 is 27.1. The molecule has 0 spiro atoms. The number of piperidine rings is 1. The van der Waals surface area contributed by atoms with Crippen molar-refractivity contribution in [3.63, 3.8) is 0 Å². The SMILES string of the molecule is C[C@@H](Nc1cccc(S(=O)(=O)N2CCCC2)c1)C(=O)Nc1ccc(N2CCCCC2)cc1. The van der Waals surface area contributed by atoms with Crippen molar-refractivity contribution in [2.24, 2.45) is 0 Å². The molecule has 2 aromatic rings. The van der Waals surface area contributed by atoms with Crippen molar-refractivity contribution >= 4 is 33.0 Å². The van der Waals surface area contributed by atoms with E-state index in [4.69, 9.17) is 0 Å². The summed E-state index contributed by atoms with van der Waals surface area (Å²) in [5.41, 5.74) is 2.54. The standard InChI is InChI=1S/C24H32N4O3S/c1-19(24(29)26-20-10-12-22(13-11-20)27-14-3-2-4-15-27)25-21-8-7-9-23(18-21)32(30,31)28-16-5-6-17-28/h7-13,18-19,25H,2-6,14-17H2,1H3,(H,26,29)/t19-/m1/s1. The molecular weight excluding hydrogens is 424 g/mol. The van der Waals surface area contributed by atoms with Crippen LogP contribution in [0.5, 0.6) is 0 Å². The van der Waals surface area contributed by atoms with E-state index >= 15 is 0 Å². The van der Waals surface area contributed by atoms with E-state index in [0.29, 0.717) is 18.8 Å². The average Bonchev–Trinajstić information content (AvgIpc) is 3.36. The number of benzene rings is 2. The van der Waals surface area contributed by atoms with Crippen molar-refractivity contribution in [1.29, 1.82) is 0 Å². The van der Waals surface area contributed by atoms with Crippen molar-refractivity contribution in [2.45, 2.75) is 50.0 Å². The van der Waals surface area contributed by atoms with Gasteiger partial charge in [-0.25, -0.2) is 8.42 Å². The molecule has 1 amide bonds. The largest absolute Gasteiger partial charge is 0.374 e. The van der Waals surface area contributed by atoms with E-state index in [1.807, 2.05) is 24.3 Å². The highest BCUT2D eigenvalue weighted by atomic mass is 32.2. The Morgan fingerprint density at radius 1 is 0.875 bits per heavy atom. The van der Waals surface area contributed by atoms with Crippen LogP contribution in [0.3, 0.4) is 0 Å². The Kier molecular flexibility index (Phi) is 7.01. The third-order valence-corrected chi connectivity index (χ3v) is 8.06. The van der Waals surface area contributed by atoms with E-state index < -0.39 is 16.1 Å². The van der Waals surface area contributed by atoms with Crippen LogP contribution in [-0.4, -0.2) is 50.9 Å². The Morgan fingerprint density at radius 2 is 1.53 bits per heavy atom. The molecule has 2 fully saturated rings. The van der Waals surface area contributed by atoms with E-state index in [-0.39, 0.29) is 10.8 Å². The van der Waals surface area contributed by atoms with Crippen LogP contribution in [0.4, 0.5) is 17.1 Å². The minimum atomic E-state index is -3.49. The molecule has 4 rings (SSSR count). The molecule has 2 aliphatic rings. The van der Waals surface area contributed by atoms with Gasteiger partial charge >= 0.3 is 0 Å². The van der Waals surface area contributed by atoms with Gasteiger partial charge in [0.15, 0.2) is 0 Å². The van der Waals surface area contributed by atoms with E-state index in [2.05, 4.69) is 15.5 Å². The predicted octanol–water partition coefficient (Wildman–Crippen LogP) is 3.90. The van der Waals surface area contributed by atoms with Crippen molar-refractivity contribution in [3.8, 4) is 0 Å². The van der Waals surface area contributed by atoms with Crippen LogP contribution in [0.1, 0.15) is 39.0 Å². The molecule has 32 heavy (non-hydrogen) atoms. The first-order chi connectivity index (χ1) is 15.4. The molecule has 172 valence electrons. The maximum absolute atomic E-state index is 12.8. The molecule has 2 aromatic carbocycles. The van der Waals surface area contributed by atoms with Gasteiger partial charge in [-0.1, -0.05) is 6.07 Å². The highest BCUT2D eigenvalue weighted by Crippen LogP contribution is 2.24. The average molecular weight is 457 g/mol. The molecule has 2 N–H and O–H groups in total. The van der Waals surface area contributed by atoms with Gasteiger partial charge in [0.2, 0.25) is 15.9 Å². The van der Waals surface area contributed by atoms with Gasteiger partial charge < -0.3 is 15.5 Å². The Balaban J connectivity index is 1.36. The third kappa shape index (κ3) is 5.24. The minimum Gasteiger partial charge on any atom is -0.374 e. The van der Waals surface area contributed by atoms with Crippen LogP contribution in [-0.2, 0) is 14.8 Å². The molecule has 0 unspecified atom stereocenters. The lowest BCUT2D eigenvalue weighted by atomic mass is 10.1. The summed E-state index contributed by atoms with van der Waals surface area (Å²) in [5, 5.41) is 6.06. The Labute approximate surface area is 190 Å². The van der Waals surface area contributed by atoms with Crippen LogP contribution in [0.25, 0.3) is 0 Å². The second kappa shape index (κ2) is 9.92. The van der Waals surface area contributed by atoms with Gasteiger partial charge in [-0.3, -0.25) is 4.79 Å². The highest BCUT2D eigenvalue weighted by Gasteiger charge is 2.27. The molecule has 2 heterocycles. The minimum absolute atomic E-state index is 0.177. The quantitative estimate of drug-likeness (QED) is 0.660. The summed E-state index contributed by atoms with van der Waals surface area (Å²) in [6, 6.07) is 14.1. The van der Waals surface area contributed by atoms with Gasteiger partial charge in [0.1, 0.15) is 6.04 Å². The predicted molar refractivity (Wildman–Crippen MR) is 129 cm³/mol. The normalized spacial score (nSPS) is 18.3. The highest BCUT2D eigenvalue weighted by molar-refractivity contribution is 7.89. The van der Waals surface area contributed by atoms with E-state index in [1.165, 1.54) is 29.3 Å². The third-order valence-electron chi connectivity index (χ3n) is 6.17. The van der Waals surface area contributed by atoms with E-state index in [0.717, 1.165) is 31.6 Å². The number of amides is 1. The molecule has 2 saturated heterocycles. The molecule has 0 aromatic heterocycles. The summed E-state index contributed by atoms with van der Waals surface area (Å²) in [6.07, 6.45) is 5.54. The first-order valence-corrected chi connectivity index (χ1v) is 12.9. The second-order valence-corrected chi connectivity index (χ2v) is 10.5. The maximum Gasteiger partial charge on any atom is 0.246 e. The second-order valence-electron chi connectivity index (χ2n) is 8.59. The van der Waals surface area contributed by atoms with Gasteiger partial charge in [-0.05, 0) is 81.5 Å². The van der Waals surface area contributed by atoms with E-state index in [1.54, 1.807) is 31.2 Å². The number of nitrogens with one attached hydrogen (secondary N) is 2. The molecular formula is C24H32N4O3S. The lowest BCUT2D eigenvalue weighted by Gasteiger charge is -2.28. The topological polar surface area (TPSA) is 81.8 Å². The molecule has 0 bridgehead atoms. The molecule has 0 radical (unpaired) electrons. The number of carbonyl (C=O) groups is 1. The maximum atomic E-state index is 12.8. The molecule has 0 saturated carbocycles. The Morgan fingerprint density at radius 3 is 2.22 bits per heavy atom. The van der Waals surface area contributed by atoms with Crippen LogP contribution in [0, 0.1) is 0 Å². The van der Waals surface area contributed by atoms with Crippen molar-refractivity contribution in [1.82, 2.24) is 4.31 Å². The summed E-state index contributed by atoms with van der Waals surface area (Å²) in [5.74, 6) is -0.177. The van der Waals surface area contributed by atoms with Gasteiger partial charge in [0, 0.05) is 43.2 Å². The smallest absolute Gasteiger partial charge is 0.246 e. The molecule has 7 nitrogen and oxygen atoms in total. The zero-order chi connectivity index (χ0) is 22.6. The fourth-order valence-corrected chi connectivity index (χ4v) is 5.86. The summed E-state index contributed by atoms with van der Waals surface area (Å²) >= 11 is 0. The summed E-state index contributed by atoms with van der Waals surface area (Å²) in [4.78, 5) is 15.3. The number of sulfonamides is 1. The zero-order valence-electron chi connectivity index (χ0n) is 18.6. The van der Waals surface area contributed by atoms with Crippen LogP contribution < -0.4 is 15.5 Å². The van der Waals surface area contributed by atoms with Gasteiger partial charge in [-0.15, -0.1) is 0 Å². The molecule has 8 heteroatoms. The Hall–Kier alpha value is -2.58. The molecule has 2 aliphatic heterocycles. The summed E-state index contributed by atoms with van der Waals surface area (Å²) in [6.45, 7) is 5.06. The van der Waals surface area contributed by atoms with Gasteiger partial charge in [0.05, 0.1) is 4.90 Å². The van der Waals surface area contributed by atoms with Gasteiger partial charge in [0.25, 0.3) is 0 Å². The first-order valence-electron chi connectivity index (χ1n) is 11.5. The van der Waals surface area contributed by atoms with Crippen molar-refractivity contribution in [2.75, 3.05) is 41.7 Å². The van der Waals surface area contributed by atoms with Crippen molar-refractivity contribution in [3.05, 3.63) is 48.5 Å². The number of carbonyl (C=O) groups excluding carboxylic acids is 1. The Bertz CT molecular complexity index is 1030. The lowest BCUT2D eigenvalue weighted by Crippen LogP contribution is -2.32. The number of hydrogen-bond acceptors (Lipinski definition) is 5. The van der Waals surface area contributed by atoms with Crippen LogP contribution >= 0.6 is 0 Å². The number of nitrogens with zero attached hydrogens (tertiary/aromatic N) is 2. The monoisotopic (exact) mass is 456 g/mol. The number of hydrogen-bond donors (Lipinski definition) is 2. The van der Waals surface area contributed by atoms with Crippen molar-refractivity contribution < 1.29 is 13.2 Å². The number of anilines is 3. The van der Waals surface area contributed by atoms with Crippen LogP contribution in [0.2, 0.25) is 0 Å². The zero-order valence-corrected chi connectivity index (χ0v) is 19.4. The molecule has 0 aliphatic carbocycles. The van der Waals surface area contributed by atoms with Gasteiger partial charge in [-0.2, -0.15) is 4.31 Å². The molecule has 1 atom stereocenters.